The molecular weight excluding hydrogens is 440 g/mol. The van der Waals surface area contributed by atoms with Crippen LogP contribution >= 0.6 is 0 Å². The SMILES string of the molecule is COc1ccc(N2CCN(CC(=O)Nc3ccccc3C(=O)N[C@@H](C)c3ccccc3)CC2)cc1. The average molecular weight is 473 g/mol. The maximum Gasteiger partial charge on any atom is 0.253 e. The summed E-state index contributed by atoms with van der Waals surface area (Å²) in [5, 5.41) is 5.96. The second kappa shape index (κ2) is 11.5. The first-order valence-electron chi connectivity index (χ1n) is 11.9. The van der Waals surface area contributed by atoms with Crippen LogP contribution in [0.15, 0.2) is 78.9 Å². The van der Waals surface area contributed by atoms with Crippen LogP contribution in [0.1, 0.15) is 28.9 Å². The molecule has 1 fully saturated rings. The van der Waals surface area contributed by atoms with E-state index in [9.17, 15) is 9.59 Å². The van der Waals surface area contributed by atoms with E-state index in [1.54, 1.807) is 25.3 Å². The fourth-order valence-corrected chi connectivity index (χ4v) is 4.24. The molecule has 0 spiro atoms. The van der Waals surface area contributed by atoms with E-state index in [1.807, 2.05) is 55.5 Å². The van der Waals surface area contributed by atoms with Crippen molar-refractivity contribution in [2.45, 2.75) is 13.0 Å². The maximum absolute atomic E-state index is 12.9. The summed E-state index contributed by atoms with van der Waals surface area (Å²) in [4.78, 5) is 30.2. The van der Waals surface area contributed by atoms with Gasteiger partial charge in [0.2, 0.25) is 5.91 Å². The summed E-state index contributed by atoms with van der Waals surface area (Å²) >= 11 is 0. The van der Waals surface area contributed by atoms with Gasteiger partial charge in [-0.25, -0.2) is 0 Å². The Hall–Kier alpha value is -3.84. The van der Waals surface area contributed by atoms with Gasteiger partial charge in [-0.2, -0.15) is 0 Å². The van der Waals surface area contributed by atoms with Gasteiger partial charge in [0.05, 0.1) is 30.9 Å². The second-order valence-electron chi connectivity index (χ2n) is 8.66. The van der Waals surface area contributed by atoms with Gasteiger partial charge in [0.15, 0.2) is 0 Å². The number of rotatable bonds is 8. The molecule has 7 heteroatoms. The van der Waals surface area contributed by atoms with Gasteiger partial charge in [0, 0.05) is 31.9 Å². The molecule has 4 rings (SSSR count). The molecule has 3 aromatic carbocycles. The fourth-order valence-electron chi connectivity index (χ4n) is 4.24. The van der Waals surface area contributed by atoms with Crippen LogP contribution in [-0.4, -0.2) is 56.5 Å². The van der Waals surface area contributed by atoms with Gasteiger partial charge in [-0.05, 0) is 48.9 Å². The number of ether oxygens (including phenoxy) is 1. The smallest absolute Gasteiger partial charge is 0.253 e. The van der Waals surface area contributed by atoms with E-state index in [0.717, 1.165) is 43.2 Å². The quantitative estimate of drug-likeness (QED) is 0.519. The summed E-state index contributed by atoms with van der Waals surface area (Å²) in [5.41, 5.74) is 3.15. The molecule has 35 heavy (non-hydrogen) atoms. The Bertz CT molecular complexity index is 1130. The Kier molecular flexibility index (Phi) is 8.00. The van der Waals surface area contributed by atoms with Gasteiger partial charge in [0.25, 0.3) is 5.91 Å². The van der Waals surface area contributed by atoms with Crippen molar-refractivity contribution in [3.63, 3.8) is 0 Å². The number of nitrogens with zero attached hydrogens (tertiary/aromatic N) is 2. The molecule has 0 aromatic heterocycles. The van der Waals surface area contributed by atoms with E-state index < -0.39 is 0 Å². The number of benzene rings is 3. The van der Waals surface area contributed by atoms with Crippen LogP contribution in [0.25, 0.3) is 0 Å². The van der Waals surface area contributed by atoms with E-state index in [0.29, 0.717) is 11.3 Å². The predicted octanol–water partition coefficient (Wildman–Crippen LogP) is 3.95. The van der Waals surface area contributed by atoms with Gasteiger partial charge < -0.3 is 20.3 Å². The van der Waals surface area contributed by atoms with E-state index >= 15 is 0 Å². The second-order valence-corrected chi connectivity index (χ2v) is 8.66. The average Bonchev–Trinajstić information content (AvgIpc) is 2.90. The zero-order valence-electron chi connectivity index (χ0n) is 20.2. The minimum atomic E-state index is -0.217. The fraction of sp³-hybridized carbons (Fsp3) is 0.286. The number of amides is 2. The molecule has 0 saturated carbocycles. The standard InChI is InChI=1S/C28H32N4O3/c1-21(22-8-4-3-5-9-22)29-28(34)25-10-6-7-11-26(25)30-27(33)20-31-16-18-32(19-17-31)23-12-14-24(35-2)15-13-23/h3-15,21H,16-20H2,1-2H3,(H,29,34)(H,30,33)/t21-/m0/s1. The molecule has 1 aliphatic rings. The van der Waals surface area contributed by atoms with E-state index in [-0.39, 0.29) is 24.4 Å². The third-order valence-electron chi connectivity index (χ3n) is 6.27. The Balaban J connectivity index is 1.30. The van der Waals surface area contributed by atoms with Crippen molar-refractivity contribution in [3.8, 4) is 5.75 Å². The van der Waals surface area contributed by atoms with Crippen molar-refractivity contribution in [2.24, 2.45) is 0 Å². The molecule has 1 heterocycles. The van der Waals surface area contributed by atoms with Crippen molar-refractivity contribution < 1.29 is 14.3 Å². The summed E-state index contributed by atoms with van der Waals surface area (Å²) in [5.74, 6) is 0.497. The molecule has 1 saturated heterocycles. The highest BCUT2D eigenvalue weighted by Gasteiger charge is 2.21. The lowest BCUT2D eigenvalue weighted by Crippen LogP contribution is -2.48. The van der Waals surface area contributed by atoms with E-state index in [1.165, 1.54) is 0 Å². The van der Waals surface area contributed by atoms with Gasteiger partial charge in [-0.15, -0.1) is 0 Å². The molecule has 0 radical (unpaired) electrons. The predicted molar refractivity (Wildman–Crippen MR) is 139 cm³/mol. The summed E-state index contributed by atoms with van der Waals surface area (Å²) in [6, 6.07) is 24.8. The number of hydrogen-bond donors (Lipinski definition) is 2. The lowest BCUT2D eigenvalue weighted by Gasteiger charge is -2.35. The number of hydrogen-bond acceptors (Lipinski definition) is 5. The molecule has 0 unspecified atom stereocenters. The summed E-state index contributed by atoms with van der Waals surface area (Å²) in [7, 11) is 1.66. The number of nitrogens with one attached hydrogen (secondary N) is 2. The van der Waals surface area contributed by atoms with Crippen LogP contribution in [0.5, 0.6) is 5.75 Å². The number of piperazine rings is 1. The third kappa shape index (κ3) is 6.39. The molecule has 0 bridgehead atoms. The van der Waals surface area contributed by atoms with Crippen LogP contribution in [0.3, 0.4) is 0 Å². The van der Waals surface area contributed by atoms with Crippen LogP contribution in [0.4, 0.5) is 11.4 Å². The van der Waals surface area contributed by atoms with Gasteiger partial charge in [0.1, 0.15) is 5.75 Å². The molecule has 1 atom stereocenters. The molecule has 1 aliphatic heterocycles. The number of carbonyl (C=O) groups is 2. The molecule has 2 amide bonds. The molecule has 2 N–H and O–H groups in total. The number of carbonyl (C=O) groups excluding carboxylic acids is 2. The highest BCUT2D eigenvalue weighted by molar-refractivity contribution is 6.04. The Morgan fingerprint density at radius 3 is 2.23 bits per heavy atom. The molecule has 3 aromatic rings. The molecule has 182 valence electrons. The van der Waals surface area contributed by atoms with Gasteiger partial charge >= 0.3 is 0 Å². The van der Waals surface area contributed by atoms with Crippen LogP contribution < -0.4 is 20.3 Å². The minimum Gasteiger partial charge on any atom is -0.497 e. The Morgan fingerprint density at radius 1 is 0.886 bits per heavy atom. The highest BCUT2D eigenvalue weighted by Crippen LogP contribution is 2.21. The van der Waals surface area contributed by atoms with Crippen LogP contribution in [0, 0.1) is 0 Å². The third-order valence-corrected chi connectivity index (χ3v) is 6.27. The summed E-state index contributed by atoms with van der Waals surface area (Å²) < 4.78 is 5.23. The van der Waals surface area contributed by atoms with Crippen molar-refractivity contribution >= 4 is 23.2 Å². The van der Waals surface area contributed by atoms with Crippen molar-refractivity contribution in [3.05, 3.63) is 90.0 Å². The molecule has 0 aliphatic carbocycles. The number of anilines is 2. The molecular formula is C28H32N4O3. The van der Waals surface area contributed by atoms with Gasteiger partial charge in [-0.3, -0.25) is 14.5 Å². The normalized spacial score (nSPS) is 14.7. The summed E-state index contributed by atoms with van der Waals surface area (Å²) in [6.45, 7) is 5.49. The minimum absolute atomic E-state index is 0.126. The highest BCUT2D eigenvalue weighted by atomic mass is 16.5. The first-order chi connectivity index (χ1) is 17.0. The first-order valence-corrected chi connectivity index (χ1v) is 11.9. The lowest BCUT2D eigenvalue weighted by molar-refractivity contribution is -0.117. The molecule has 7 nitrogen and oxygen atoms in total. The van der Waals surface area contributed by atoms with Crippen molar-refractivity contribution in [1.29, 1.82) is 0 Å². The van der Waals surface area contributed by atoms with Gasteiger partial charge in [-0.1, -0.05) is 42.5 Å². The zero-order chi connectivity index (χ0) is 24.6. The van der Waals surface area contributed by atoms with Crippen LogP contribution in [-0.2, 0) is 4.79 Å². The van der Waals surface area contributed by atoms with Crippen LogP contribution in [0.2, 0.25) is 0 Å². The largest absolute Gasteiger partial charge is 0.497 e. The zero-order valence-corrected chi connectivity index (χ0v) is 20.2. The van der Waals surface area contributed by atoms with E-state index in [2.05, 4.69) is 32.6 Å². The Labute approximate surface area is 206 Å². The maximum atomic E-state index is 12.9. The Morgan fingerprint density at radius 2 is 1.54 bits per heavy atom. The monoisotopic (exact) mass is 472 g/mol. The number of para-hydroxylation sites is 1. The topological polar surface area (TPSA) is 73.9 Å². The lowest BCUT2D eigenvalue weighted by atomic mass is 10.1. The first kappa shape index (κ1) is 24.3. The van der Waals surface area contributed by atoms with E-state index in [4.69, 9.17) is 4.74 Å². The van der Waals surface area contributed by atoms with Crippen molar-refractivity contribution in [2.75, 3.05) is 50.1 Å². The number of methoxy groups -OCH3 is 1. The summed E-state index contributed by atoms with van der Waals surface area (Å²) in [6.07, 6.45) is 0. The van der Waals surface area contributed by atoms with Crippen molar-refractivity contribution in [1.82, 2.24) is 10.2 Å².